The molecule has 200 valence electrons. The van der Waals surface area contributed by atoms with E-state index in [0.717, 1.165) is 68.3 Å². The van der Waals surface area contributed by atoms with Crippen molar-refractivity contribution >= 4 is 22.7 Å². The third-order valence-electron chi connectivity index (χ3n) is 8.23. The number of likely N-dealkylation sites (tertiary alicyclic amines) is 1. The highest BCUT2D eigenvalue weighted by molar-refractivity contribution is 5.99. The van der Waals surface area contributed by atoms with E-state index in [0.29, 0.717) is 18.5 Å². The Morgan fingerprint density at radius 1 is 0.872 bits per heavy atom. The number of rotatable bonds is 7. The molecule has 39 heavy (non-hydrogen) atoms. The lowest BCUT2D eigenvalue weighted by Gasteiger charge is -2.32. The van der Waals surface area contributed by atoms with Gasteiger partial charge in [-0.05, 0) is 48.6 Å². The summed E-state index contributed by atoms with van der Waals surface area (Å²) in [4.78, 5) is 34.2. The molecule has 4 aromatic rings. The quantitative estimate of drug-likeness (QED) is 0.357. The van der Waals surface area contributed by atoms with Crippen LogP contribution >= 0.6 is 0 Å². The van der Waals surface area contributed by atoms with Gasteiger partial charge < -0.3 is 15.2 Å². The molecule has 6 nitrogen and oxygen atoms in total. The van der Waals surface area contributed by atoms with Crippen molar-refractivity contribution < 1.29 is 9.59 Å². The zero-order chi connectivity index (χ0) is 26.6. The Morgan fingerprint density at radius 2 is 1.59 bits per heavy atom. The van der Waals surface area contributed by atoms with E-state index in [4.69, 9.17) is 0 Å². The fourth-order valence-corrected chi connectivity index (χ4v) is 5.97. The van der Waals surface area contributed by atoms with Crippen molar-refractivity contribution in [3.05, 3.63) is 107 Å². The Hall–Kier alpha value is -3.90. The summed E-state index contributed by atoms with van der Waals surface area (Å²) in [5, 5.41) is 4.33. The summed E-state index contributed by atoms with van der Waals surface area (Å²) in [6, 6.07) is 26.8. The monoisotopic (exact) mass is 520 g/mol. The molecule has 0 unspecified atom stereocenters. The van der Waals surface area contributed by atoms with Crippen LogP contribution in [0.15, 0.2) is 78.9 Å². The first-order chi connectivity index (χ1) is 19.1. The molecule has 0 saturated carbocycles. The normalized spacial score (nSPS) is 16.3. The van der Waals surface area contributed by atoms with Crippen LogP contribution in [0.5, 0.6) is 0 Å². The summed E-state index contributed by atoms with van der Waals surface area (Å²) in [7, 11) is 0. The second-order valence-electron chi connectivity index (χ2n) is 10.9. The number of aromatic nitrogens is 1. The van der Waals surface area contributed by atoms with Crippen LogP contribution in [-0.2, 0) is 30.7 Å². The summed E-state index contributed by atoms with van der Waals surface area (Å²) < 4.78 is 0. The number of amides is 2. The Balaban J connectivity index is 1.07. The van der Waals surface area contributed by atoms with Crippen LogP contribution in [-0.4, -0.2) is 52.3 Å². The molecular formula is C33H36N4O2. The number of aryl methyl sites for hydroxylation is 1. The van der Waals surface area contributed by atoms with E-state index in [1.54, 1.807) is 0 Å². The number of carbonyl (C=O) groups excluding carboxylic acids is 2. The third kappa shape index (κ3) is 5.91. The van der Waals surface area contributed by atoms with E-state index in [-0.39, 0.29) is 17.9 Å². The average Bonchev–Trinajstić information content (AvgIpc) is 3.35. The highest BCUT2D eigenvalue weighted by atomic mass is 16.2. The van der Waals surface area contributed by atoms with Gasteiger partial charge in [0, 0.05) is 79.3 Å². The van der Waals surface area contributed by atoms with Gasteiger partial charge >= 0.3 is 0 Å². The Labute approximate surface area is 230 Å². The van der Waals surface area contributed by atoms with Gasteiger partial charge in [0.1, 0.15) is 0 Å². The van der Waals surface area contributed by atoms with Gasteiger partial charge in [-0.15, -0.1) is 0 Å². The molecule has 3 heterocycles. The van der Waals surface area contributed by atoms with Gasteiger partial charge in [-0.25, -0.2) is 0 Å². The first-order valence-corrected chi connectivity index (χ1v) is 14.1. The van der Waals surface area contributed by atoms with Crippen molar-refractivity contribution in [2.24, 2.45) is 0 Å². The predicted molar refractivity (Wildman–Crippen MR) is 154 cm³/mol. The summed E-state index contributed by atoms with van der Waals surface area (Å²) >= 11 is 0. The van der Waals surface area contributed by atoms with E-state index >= 15 is 0 Å². The van der Waals surface area contributed by atoms with E-state index < -0.39 is 0 Å². The number of benzene rings is 3. The minimum Gasteiger partial charge on any atom is -0.358 e. The molecule has 6 rings (SSSR count). The van der Waals surface area contributed by atoms with Gasteiger partial charge in [0.25, 0.3) is 5.91 Å². The van der Waals surface area contributed by atoms with Crippen molar-refractivity contribution in [2.75, 3.05) is 19.6 Å². The number of piperidine rings is 1. The van der Waals surface area contributed by atoms with E-state index in [2.05, 4.69) is 57.7 Å². The first-order valence-electron chi connectivity index (χ1n) is 14.1. The van der Waals surface area contributed by atoms with Crippen LogP contribution in [0.2, 0.25) is 0 Å². The fraction of sp³-hybridized carbons (Fsp3) is 0.333. The SMILES string of the molecule is O=C(NC1CCN(Cc2ccccc2)CC1)c1ccc2[nH]c3c(c2c1)CN(C(=O)CCc1ccccc1)CC3. The second-order valence-corrected chi connectivity index (χ2v) is 10.9. The molecule has 0 spiro atoms. The smallest absolute Gasteiger partial charge is 0.251 e. The number of H-pyrrole nitrogens is 1. The minimum absolute atomic E-state index is 0.0139. The molecule has 1 saturated heterocycles. The maximum absolute atomic E-state index is 13.2. The Bertz CT molecular complexity index is 1440. The van der Waals surface area contributed by atoms with Crippen LogP contribution in [0.4, 0.5) is 0 Å². The van der Waals surface area contributed by atoms with Gasteiger partial charge in [-0.3, -0.25) is 14.5 Å². The number of hydrogen-bond acceptors (Lipinski definition) is 3. The van der Waals surface area contributed by atoms with Gasteiger partial charge in [0.05, 0.1) is 0 Å². The number of aromatic amines is 1. The molecule has 2 N–H and O–H groups in total. The molecule has 0 bridgehead atoms. The molecule has 0 atom stereocenters. The first kappa shape index (κ1) is 25.4. The highest BCUT2D eigenvalue weighted by Crippen LogP contribution is 2.29. The number of nitrogens with zero attached hydrogens (tertiary/aromatic N) is 2. The third-order valence-corrected chi connectivity index (χ3v) is 8.23. The summed E-state index contributed by atoms with van der Waals surface area (Å²) in [6.45, 7) is 4.25. The number of fused-ring (bicyclic) bond motifs is 3. The predicted octanol–water partition coefficient (Wildman–Crippen LogP) is 5.08. The fourth-order valence-electron chi connectivity index (χ4n) is 5.97. The number of carbonyl (C=O) groups is 2. The van der Waals surface area contributed by atoms with Crippen LogP contribution in [0.25, 0.3) is 10.9 Å². The zero-order valence-electron chi connectivity index (χ0n) is 22.4. The molecule has 2 amide bonds. The Morgan fingerprint density at radius 3 is 2.33 bits per heavy atom. The van der Waals surface area contributed by atoms with Gasteiger partial charge in [-0.1, -0.05) is 60.7 Å². The average molecular weight is 521 g/mol. The minimum atomic E-state index is -0.0139. The lowest BCUT2D eigenvalue weighted by molar-refractivity contribution is -0.132. The topological polar surface area (TPSA) is 68.4 Å². The molecule has 2 aliphatic heterocycles. The zero-order valence-corrected chi connectivity index (χ0v) is 22.4. The molecule has 1 fully saturated rings. The molecule has 3 aromatic carbocycles. The standard InChI is InChI=1S/C33H36N4O2/c38-32(14-11-24-7-3-1-4-8-24)37-20-17-31-29(23-37)28-21-26(12-13-30(28)35-31)33(39)34-27-15-18-36(19-16-27)22-25-9-5-2-6-10-25/h1-10,12-13,21,27,35H,11,14-20,22-23H2,(H,34,39). The molecular weight excluding hydrogens is 484 g/mol. The van der Waals surface area contributed by atoms with Crippen LogP contribution in [0.3, 0.4) is 0 Å². The van der Waals surface area contributed by atoms with Crippen molar-refractivity contribution in [3.8, 4) is 0 Å². The largest absolute Gasteiger partial charge is 0.358 e. The van der Waals surface area contributed by atoms with Crippen molar-refractivity contribution in [2.45, 2.75) is 51.2 Å². The van der Waals surface area contributed by atoms with Crippen molar-refractivity contribution in [1.82, 2.24) is 20.1 Å². The summed E-state index contributed by atoms with van der Waals surface area (Å²) in [5.41, 5.74) is 6.56. The highest BCUT2D eigenvalue weighted by Gasteiger charge is 2.25. The number of nitrogens with one attached hydrogen (secondary N) is 2. The maximum atomic E-state index is 13.2. The van der Waals surface area contributed by atoms with Gasteiger partial charge in [-0.2, -0.15) is 0 Å². The summed E-state index contributed by atoms with van der Waals surface area (Å²) in [6.07, 6.45) is 4.00. The Kier molecular flexibility index (Phi) is 7.46. The van der Waals surface area contributed by atoms with Gasteiger partial charge in [0.2, 0.25) is 5.91 Å². The second kappa shape index (κ2) is 11.5. The van der Waals surface area contributed by atoms with Crippen LogP contribution in [0, 0.1) is 0 Å². The molecule has 2 aliphatic rings. The van der Waals surface area contributed by atoms with E-state index in [1.807, 2.05) is 41.3 Å². The lowest BCUT2D eigenvalue weighted by atomic mass is 10.0. The summed E-state index contributed by atoms with van der Waals surface area (Å²) in [5.74, 6) is 0.173. The van der Waals surface area contributed by atoms with Crippen molar-refractivity contribution in [3.63, 3.8) is 0 Å². The maximum Gasteiger partial charge on any atom is 0.251 e. The number of hydrogen-bond donors (Lipinski definition) is 2. The molecule has 0 radical (unpaired) electrons. The molecule has 6 heteroatoms. The van der Waals surface area contributed by atoms with E-state index in [9.17, 15) is 9.59 Å². The van der Waals surface area contributed by atoms with Gasteiger partial charge in [0.15, 0.2) is 0 Å². The molecule has 0 aliphatic carbocycles. The van der Waals surface area contributed by atoms with E-state index in [1.165, 1.54) is 16.8 Å². The molecule has 1 aromatic heterocycles. The lowest BCUT2D eigenvalue weighted by Crippen LogP contribution is -2.44. The van der Waals surface area contributed by atoms with Crippen LogP contribution < -0.4 is 5.32 Å². The van der Waals surface area contributed by atoms with Crippen LogP contribution in [0.1, 0.15) is 52.0 Å². The van der Waals surface area contributed by atoms with Crippen molar-refractivity contribution in [1.29, 1.82) is 0 Å².